The summed E-state index contributed by atoms with van der Waals surface area (Å²) in [5.74, 6) is -0.972. The van der Waals surface area contributed by atoms with E-state index >= 15 is 0 Å². The van der Waals surface area contributed by atoms with Gasteiger partial charge in [-0.1, -0.05) is 18.2 Å². The number of hydrogen-bond donors (Lipinski definition) is 2. The minimum absolute atomic E-state index is 0.127. The lowest BCUT2D eigenvalue weighted by Crippen LogP contribution is -2.51. The van der Waals surface area contributed by atoms with Gasteiger partial charge in [-0.05, 0) is 29.8 Å². The molecule has 150 valence electrons. The van der Waals surface area contributed by atoms with Gasteiger partial charge in [-0.3, -0.25) is 4.90 Å². The maximum atomic E-state index is 12.4. The summed E-state index contributed by atoms with van der Waals surface area (Å²) >= 11 is 0. The van der Waals surface area contributed by atoms with Crippen LogP contribution < -0.4 is 5.32 Å². The molecule has 0 unspecified atom stereocenters. The first kappa shape index (κ1) is 18.9. The van der Waals surface area contributed by atoms with E-state index in [1.807, 2.05) is 35.0 Å². The van der Waals surface area contributed by atoms with E-state index in [1.54, 1.807) is 23.1 Å². The van der Waals surface area contributed by atoms with Gasteiger partial charge in [0.25, 0.3) is 0 Å². The highest BCUT2D eigenvalue weighted by Gasteiger charge is 2.21. The monoisotopic (exact) mass is 393 g/mol. The molecule has 1 aromatic carbocycles. The minimum atomic E-state index is -0.972. The van der Waals surface area contributed by atoms with E-state index in [2.05, 4.69) is 15.2 Å². The molecule has 1 fully saturated rings. The number of carboxylic acids is 1. The number of urea groups is 1. The highest BCUT2D eigenvalue weighted by molar-refractivity contribution is 5.87. The number of carbonyl (C=O) groups excluding carboxylic acids is 1. The molecule has 1 saturated heterocycles. The summed E-state index contributed by atoms with van der Waals surface area (Å²) in [5, 5.41) is 11.9. The third-order valence-corrected chi connectivity index (χ3v) is 5.08. The molecule has 0 radical (unpaired) electrons. The van der Waals surface area contributed by atoms with Gasteiger partial charge in [-0.15, -0.1) is 0 Å². The molecule has 2 amide bonds. The van der Waals surface area contributed by atoms with Crippen LogP contribution in [0.5, 0.6) is 0 Å². The Labute approximate surface area is 168 Å². The smallest absolute Gasteiger partial charge is 0.335 e. The van der Waals surface area contributed by atoms with Crippen molar-refractivity contribution in [2.75, 3.05) is 26.2 Å². The van der Waals surface area contributed by atoms with Crippen molar-refractivity contribution < 1.29 is 14.7 Å². The van der Waals surface area contributed by atoms with Gasteiger partial charge in [0.2, 0.25) is 0 Å². The number of nitrogens with one attached hydrogen (secondary N) is 1. The third kappa shape index (κ3) is 4.55. The number of rotatable bonds is 5. The fourth-order valence-electron chi connectivity index (χ4n) is 3.51. The number of aromatic nitrogens is 2. The second kappa shape index (κ2) is 8.32. The van der Waals surface area contributed by atoms with Crippen molar-refractivity contribution in [3.63, 3.8) is 0 Å². The van der Waals surface area contributed by atoms with Crippen LogP contribution in [0.15, 0.2) is 54.9 Å². The van der Waals surface area contributed by atoms with Crippen LogP contribution in [0.3, 0.4) is 0 Å². The van der Waals surface area contributed by atoms with E-state index in [9.17, 15) is 9.59 Å². The molecule has 1 aliphatic heterocycles. The number of nitrogens with zero attached hydrogens (tertiary/aromatic N) is 4. The molecular weight excluding hydrogens is 370 g/mol. The van der Waals surface area contributed by atoms with Crippen LogP contribution in [0, 0.1) is 0 Å². The highest BCUT2D eigenvalue weighted by atomic mass is 16.4. The van der Waals surface area contributed by atoms with Crippen molar-refractivity contribution in [1.82, 2.24) is 24.5 Å². The maximum absolute atomic E-state index is 12.4. The van der Waals surface area contributed by atoms with Crippen molar-refractivity contribution in [2.45, 2.75) is 13.1 Å². The Balaban J connectivity index is 1.26. The zero-order valence-electron chi connectivity index (χ0n) is 16.0. The number of aromatic carboxylic acids is 1. The Hall–Kier alpha value is -3.39. The first-order valence-electron chi connectivity index (χ1n) is 9.58. The topological polar surface area (TPSA) is 90.2 Å². The Bertz CT molecular complexity index is 991. The average molecular weight is 393 g/mol. The zero-order valence-corrected chi connectivity index (χ0v) is 16.0. The van der Waals surface area contributed by atoms with Crippen molar-refractivity contribution >= 4 is 17.6 Å². The van der Waals surface area contributed by atoms with Crippen molar-refractivity contribution in [3.8, 4) is 0 Å². The summed E-state index contributed by atoms with van der Waals surface area (Å²) in [6.45, 7) is 3.94. The van der Waals surface area contributed by atoms with E-state index < -0.39 is 5.97 Å². The summed E-state index contributed by atoms with van der Waals surface area (Å²) < 4.78 is 2.01. The predicted octanol–water partition coefficient (Wildman–Crippen LogP) is 2.06. The van der Waals surface area contributed by atoms with Crippen LogP contribution in [0.4, 0.5) is 4.79 Å². The van der Waals surface area contributed by atoms with Crippen LogP contribution in [-0.4, -0.2) is 62.5 Å². The molecule has 2 N–H and O–H groups in total. The van der Waals surface area contributed by atoms with Gasteiger partial charge < -0.3 is 19.7 Å². The van der Waals surface area contributed by atoms with Crippen LogP contribution in [0.2, 0.25) is 0 Å². The number of carboxylic acid groups (broad SMARTS) is 1. The average Bonchev–Trinajstić information content (AvgIpc) is 3.15. The molecule has 3 heterocycles. The number of piperazine rings is 1. The van der Waals surface area contributed by atoms with Crippen LogP contribution in [0.25, 0.3) is 5.65 Å². The Kier molecular flexibility index (Phi) is 5.44. The van der Waals surface area contributed by atoms with Gasteiger partial charge in [0.15, 0.2) is 0 Å². The molecule has 0 atom stereocenters. The van der Waals surface area contributed by atoms with Gasteiger partial charge in [-0.25, -0.2) is 14.6 Å². The van der Waals surface area contributed by atoms with E-state index in [4.69, 9.17) is 5.11 Å². The zero-order chi connectivity index (χ0) is 20.2. The second-order valence-electron chi connectivity index (χ2n) is 7.13. The van der Waals surface area contributed by atoms with Gasteiger partial charge in [0.05, 0.1) is 11.3 Å². The number of amides is 2. The molecule has 1 aliphatic rings. The summed E-state index contributed by atoms with van der Waals surface area (Å²) in [7, 11) is 0. The van der Waals surface area contributed by atoms with E-state index in [-0.39, 0.29) is 11.6 Å². The highest BCUT2D eigenvalue weighted by Crippen LogP contribution is 2.11. The number of imidazole rings is 1. The fraction of sp³-hybridized carbons (Fsp3) is 0.286. The van der Waals surface area contributed by atoms with Gasteiger partial charge in [-0.2, -0.15) is 0 Å². The lowest BCUT2D eigenvalue weighted by Gasteiger charge is -2.34. The first-order valence-corrected chi connectivity index (χ1v) is 9.58. The molecule has 8 heteroatoms. The molecular formula is C21H23N5O3. The number of pyridine rings is 1. The Morgan fingerprint density at radius 3 is 2.66 bits per heavy atom. The third-order valence-electron chi connectivity index (χ3n) is 5.08. The van der Waals surface area contributed by atoms with Crippen LogP contribution in [0.1, 0.15) is 21.6 Å². The summed E-state index contributed by atoms with van der Waals surface area (Å²) in [5.41, 5.74) is 2.95. The van der Waals surface area contributed by atoms with E-state index in [0.717, 1.165) is 36.5 Å². The number of carbonyl (C=O) groups is 2. The lowest BCUT2D eigenvalue weighted by atomic mass is 10.1. The standard InChI is InChI=1S/C21H23N5O3/c27-20(28)17-5-3-4-16(12-17)13-22-21(29)25-10-8-24(9-11-25)14-18-15-26-7-2-1-6-19(26)23-18/h1-7,12,15H,8-11,13-14H2,(H,22,29)(H,27,28). The van der Waals surface area contributed by atoms with Gasteiger partial charge in [0, 0.05) is 51.7 Å². The van der Waals surface area contributed by atoms with Crippen molar-refractivity contribution in [3.05, 3.63) is 71.7 Å². The largest absolute Gasteiger partial charge is 0.478 e. The molecule has 29 heavy (non-hydrogen) atoms. The fourth-order valence-corrected chi connectivity index (χ4v) is 3.51. The second-order valence-corrected chi connectivity index (χ2v) is 7.13. The molecule has 0 saturated carbocycles. The molecule has 2 aromatic heterocycles. The molecule has 0 spiro atoms. The summed E-state index contributed by atoms with van der Waals surface area (Å²) in [6.07, 6.45) is 4.03. The quantitative estimate of drug-likeness (QED) is 0.693. The van der Waals surface area contributed by atoms with Gasteiger partial charge >= 0.3 is 12.0 Å². The number of hydrogen-bond acceptors (Lipinski definition) is 4. The molecule has 0 aliphatic carbocycles. The first-order chi connectivity index (χ1) is 14.1. The van der Waals surface area contributed by atoms with Crippen molar-refractivity contribution in [1.29, 1.82) is 0 Å². The normalized spacial score (nSPS) is 14.8. The van der Waals surface area contributed by atoms with E-state index in [1.165, 1.54) is 6.07 Å². The Morgan fingerprint density at radius 2 is 1.90 bits per heavy atom. The number of fused-ring (bicyclic) bond motifs is 1. The lowest BCUT2D eigenvalue weighted by molar-refractivity contribution is 0.0696. The summed E-state index contributed by atoms with van der Waals surface area (Å²) in [4.78, 5) is 32.2. The van der Waals surface area contributed by atoms with Gasteiger partial charge in [0.1, 0.15) is 5.65 Å². The van der Waals surface area contributed by atoms with Crippen molar-refractivity contribution in [2.24, 2.45) is 0 Å². The van der Waals surface area contributed by atoms with Crippen LogP contribution >= 0.6 is 0 Å². The SMILES string of the molecule is O=C(O)c1cccc(CNC(=O)N2CCN(Cc3cn4ccccc4n3)CC2)c1. The summed E-state index contributed by atoms with van der Waals surface area (Å²) in [6, 6.07) is 12.4. The minimum Gasteiger partial charge on any atom is -0.478 e. The predicted molar refractivity (Wildman–Crippen MR) is 108 cm³/mol. The van der Waals surface area contributed by atoms with Crippen LogP contribution in [-0.2, 0) is 13.1 Å². The maximum Gasteiger partial charge on any atom is 0.335 e. The van der Waals surface area contributed by atoms with E-state index in [0.29, 0.717) is 19.6 Å². The number of benzene rings is 1. The Morgan fingerprint density at radius 1 is 1.07 bits per heavy atom. The molecule has 0 bridgehead atoms. The molecule has 3 aromatic rings. The molecule has 4 rings (SSSR count). The molecule has 8 nitrogen and oxygen atoms in total.